The van der Waals surface area contributed by atoms with E-state index in [9.17, 15) is 14.4 Å². The first-order valence-electron chi connectivity index (χ1n) is 10.2. The van der Waals surface area contributed by atoms with E-state index in [1.54, 1.807) is 22.8 Å². The quantitative estimate of drug-likeness (QED) is 0.488. The number of benzene rings is 2. The normalized spacial score (nSPS) is 11.1. The zero-order valence-electron chi connectivity index (χ0n) is 17.7. The van der Waals surface area contributed by atoms with Gasteiger partial charge in [-0.2, -0.15) is 0 Å². The number of fused-ring (bicyclic) bond motifs is 1. The summed E-state index contributed by atoms with van der Waals surface area (Å²) in [6.45, 7) is 4.02. The van der Waals surface area contributed by atoms with Gasteiger partial charge in [0, 0.05) is 17.3 Å². The predicted octanol–water partition coefficient (Wildman–Crippen LogP) is 3.03. The first kappa shape index (κ1) is 21.6. The molecule has 0 saturated carbocycles. The van der Waals surface area contributed by atoms with Gasteiger partial charge in [0.25, 0.3) is 5.56 Å². The van der Waals surface area contributed by atoms with Gasteiger partial charge in [0.2, 0.25) is 5.91 Å². The van der Waals surface area contributed by atoms with Crippen LogP contribution >= 0.6 is 11.6 Å². The van der Waals surface area contributed by atoms with Crippen LogP contribution in [0.1, 0.15) is 18.1 Å². The molecule has 0 aliphatic heterocycles. The predicted molar refractivity (Wildman–Crippen MR) is 124 cm³/mol. The molecule has 0 spiro atoms. The molecule has 9 heteroatoms. The van der Waals surface area contributed by atoms with E-state index in [1.165, 1.54) is 10.9 Å². The third-order valence-corrected chi connectivity index (χ3v) is 5.52. The summed E-state index contributed by atoms with van der Waals surface area (Å²) < 4.78 is 4.05. The topological polar surface area (TPSA) is 90.9 Å². The summed E-state index contributed by atoms with van der Waals surface area (Å²) >= 11 is 6.03. The SMILES string of the molecule is CCn1cnc2c1c(=O)n(CC(=O)Nc1cc(Cl)ccc1C)c(=O)n2Cc1ccccc1. The van der Waals surface area contributed by atoms with Gasteiger partial charge in [0.1, 0.15) is 6.54 Å². The molecule has 2 aromatic carbocycles. The Morgan fingerprint density at radius 1 is 1.09 bits per heavy atom. The van der Waals surface area contributed by atoms with Crippen molar-refractivity contribution in [3.8, 4) is 0 Å². The van der Waals surface area contributed by atoms with Crippen molar-refractivity contribution >= 4 is 34.4 Å². The van der Waals surface area contributed by atoms with E-state index in [-0.39, 0.29) is 12.1 Å². The van der Waals surface area contributed by atoms with Crippen molar-refractivity contribution < 1.29 is 4.79 Å². The van der Waals surface area contributed by atoms with Crippen LogP contribution in [0.15, 0.2) is 64.4 Å². The van der Waals surface area contributed by atoms with E-state index < -0.39 is 23.7 Å². The highest BCUT2D eigenvalue weighted by Crippen LogP contribution is 2.20. The Labute approximate surface area is 188 Å². The summed E-state index contributed by atoms with van der Waals surface area (Å²) in [7, 11) is 0. The molecule has 0 aliphatic rings. The maximum Gasteiger partial charge on any atom is 0.333 e. The van der Waals surface area contributed by atoms with E-state index in [0.29, 0.717) is 22.9 Å². The molecule has 8 nitrogen and oxygen atoms in total. The monoisotopic (exact) mass is 451 g/mol. The van der Waals surface area contributed by atoms with Crippen LogP contribution in [0.4, 0.5) is 5.69 Å². The second-order valence-corrected chi connectivity index (χ2v) is 7.89. The van der Waals surface area contributed by atoms with Crippen LogP contribution in [0.5, 0.6) is 0 Å². The number of aryl methyl sites for hydroxylation is 2. The van der Waals surface area contributed by atoms with Crippen molar-refractivity contribution in [3.05, 3.63) is 91.8 Å². The maximum absolute atomic E-state index is 13.3. The smallest absolute Gasteiger partial charge is 0.325 e. The number of carbonyl (C=O) groups excluding carboxylic acids is 1. The van der Waals surface area contributed by atoms with Crippen molar-refractivity contribution in [2.24, 2.45) is 0 Å². The van der Waals surface area contributed by atoms with Crippen molar-refractivity contribution in [3.63, 3.8) is 0 Å². The van der Waals surface area contributed by atoms with Crippen LogP contribution in [-0.2, 0) is 24.4 Å². The molecule has 1 amide bonds. The van der Waals surface area contributed by atoms with Crippen molar-refractivity contribution in [2.75, 3.05) is 5.32 Å². The molecule has 32 heavy (non-hydrogen) atoms. The van der Waals surface area contributed by atoms with E-state index in [1.807, 2.05) is 44.2 Å². The lowest BCUT2D eigenvalue weighted by Gasteiger charge is -2.13. The number of halogens is 1. The average Bonchev–Trinajstić information content (AvgIpc) is 3.22. The molecule has 164 valence electrons. The number of amides is 1. The van der Waals surface area contributed by atoms with Crippen LogP contribution < -0.4 is 16.6 Å². The standard InChI is InChI=1S/C23H22ClN5O3/c1-3-27-14-25-21-20(27)22(31)29(23(32)28(21)12-16-7-5-4-6-8-16)13-19(30)26-18-11-17(24)10-9-15(18)2/h4-11,14H,3,12-13H2,1-2H3,(H,26,30). The van der Waals surface area contributed by atoms with Gasteiger partial charge in [0.15, 0.2) is 11.2 Å². The number of rotatable bonds is 6. The minimum Gasteiger partial charge on any atom is -0.325 e. The second-order valence-electron chi connectivity index (χ2n) is 7.46. The minimum absolute atomic E-state index is 0.228. The fourth-order valence-corrected chi connectivity index (χ4v) is 3.76. The van der Waals surface area contributed by atoms with Crippen LogP contribution in [0.25, 0.3) is 11.2 Å². The molecule has 2 heterocycles. The molecule has 4 rings (SSSR count). The molecular formula is C23H22ClN5O3. The van der Waals surface area contributed by atoms with Crippen molar-refractivity contribution in [1.82, 2.24) is 18.7 Å². The Morgan fingerprint density at radius 2 is 1.84 bits per heavy atom. The molecule has 0 atom stereocenters. The van der Waals surface area contributed by atoms with Crippen molar-refractivity contribution in [2.45, 2.75) is 33.5 Å². The number of nitrogens with one attached hydrogen (secondary N) is 1. The van der Waals surface area contributed by atoms with Gasteiger partial charge < -0.3 is 9.88 Å². The van der Waals surface area contributed by atoms with Gasteiger partial charge in [-0.1, -0.05) is 48.0 Å². The highest BCUT2D eigenvalue weighted by atomic mass is 35.5. The Morgan fingerprint density at radius 3 is 2.56 bits per heavy atom. The number of hydrogen-bond acceptors (Lipinski definition) is 4. The summed E-state index contributed by atoms with van der Waals surface area (Å²) in [6.07, 6.45) is 1.53. The molecule has 0 aliphatic carbocycles. The summed E-state index contributed by atoms with van der Waals surface area (Å²) in [6, 6.07) is 14.5. The zero-order valence-corrected chi connectivity index (χ0v) is 18.5. The lowest BCUT2D eigenvalue weighted by atomic mass is 10.2. The van der Waals surface area contributed by atoms with E-state index in [4.69, 9.17) is 11.6 Å². The number of aromatic nitrogens is 4. The molecule has 0 radical (unpaired) electrons. The molecular weight excluding hydrogens is 430 g/mol. The van der Waals surface area contributed by atoms with Gasteiger partial charge in [-0.05, 0) is 37.1 Å². The largest absolute Gasteiger partial charge is 0.333 e. The molecule has 0 fully saturated rings. The number of imidazole rings is 1. The third-order valence-electron chi connectivity index (χ3n) is 5.28. The van der Waals surface area contributed by atoms with Crippen LogP contribution in [-0.4, -0.2) is 24.6 Å². The summed E-state index contributed by atoms with van der Waals surface area (Å²) in [4.78, 5) is 43.6. The molecule has 0 saturated heterocycles. The average molecular weight is 452 g/mol. The van der Waals surface area contributed by atoms with Crippen molar-refractivity contribution in [1.29, 1.82) is 0 Å². The molecule has 0 bridgehead atoms. The highest BCUT2D eigenvalue weighted by molar-refractivity contribution is 6.31. The summed E-state index contributed by atoms with van der Waals surface area (Å²) in [5.74, 6) is -0.497. The summed E-state index contributed by atoms with van der Waals surface area (Å²) in [5, 5.41) is 3.21. The molecule has 4 aromatic rings. The fourth-order valence-electron chi connectivity index (χ4n) is 3.59. The first-order valence-corrected chi connectivity index (χ1v) is 10.5. The molecule has 2 aromatic heterocycles. The second kappa shape index (κ2) is 8.84. The molecule has 0 unspecified atom stereocenters. The Bertz CT molecular complexity index is 1420. The van der Waals surface area contributed by atoms with Crippen LogP contribution in [0.2, 0.25) is 5.02 Å². The maximum atomic E-state index is 13.3. The van der Waals surface area contributed by atoms with Gasteiger partial charge in [0.05, 0.1) is 12.9 Å². The lowest BCUT2D eigenvalue weighted by Crippen LogP contribution is -2.43. The zero-order chi connectivity index (χ0) is 22.8. The molecule has 1 N–H and O–H groups in total. The van der Waals surface area contributed by atoms with E-state index in [0.717, 1.165) is 15.7 Å². The van der Waals surface area contributed by atoms with Crippen LogP contribution in [0, 0.1) is 6.92 Å². The minimum atomic E-state index is -0.592. The Balaban J connectivity index is 1.78. The Kier molecular flexibility index (Phi) is 5.96. The van der Waals surface area contributed by atoms with E-state index >= 15 is 0 Å². The van der Waals surface area contributed by atoms with Gasteiger partial charge in [-0.3, -0.25) is 14.2 Å². The fraction of sp³-hybridized carbons (Fsp3) is 0.217. The number of anilines is 1. The highest BCUT2D eigenvalue weighted by Gasteiger charge is 2.20. The lowest BCUT2D eigenvalue weighted by molar-refractivity contribution is -0.116. The summed E-state index contributed by atoms with van der Waals surface area (Å²) in [5.41, 5.74) is 1.67. The first-order chi connectivity index (χ1) is 15.4. The van der Waals surface area contributed by atoms with Gasteiger partial charge in [-0.25, -0.2) is 14.3 Å². The Hall–Kier alpha value is -3.65. The third kappa shape index (κ3) is 4.09. The van der Waals surface area contributed by atoms with E-state index in [2.05, 4.69) is 10.3 Å². The number of nitrogens with zero attached hydrogens (tertiary/aromatic N) is 4. The van der Waals surface area contributed by atoms with Gasteiger partial charge in [-0.15, -0.1) is 0 Å². The number of carbonyl (C=O) groups is 1. The van der Waals surface area contributed by atoms with Crippen LogP contribution in [0.3, 0.4) is 0 Å². The van der Waals surface area contributed by atoms with Gasteiger partial charge >= 0.3 is 5.69 Å². The number of hydrogen-bond donors (Lipinski definition) is 1.